The molecule has 2 N–H and O–H groups in total. The Hall–Kier alpha value is -2.33. The van der Waals surface area contributed by atoms with E-state index in [0.717, 1.165) is 16.9 Å². The van der Waals surface area contributed by atoms with E-state index >= 15 is 0 Å². The van der Waals surface area contributed by atoms with Crippen LogP contribution in [0, 0.1) is 0 Å². The van der Waals surface area contributed by atoms with Crippen molar-refractivity contribution in [3.05, 3.63) is 59.8 Å². The van der Waals surface area contributed by atoms with Crippen molar-refractivity contribution in [2.45, 2.75) is 0 Å². The lowest BCUT2D eigenvalue weighted by Gasteiger charge is -2.03. The third-order valence-electron chi connectivity index (χ3n) is 2.78. The summed E-state index contributed by atoms with van der Waals surface area (Å²) in [4.78, 5) is 0. The molecule has 5 heteroatoms. The molecule has 94 valence electrons. The molecule has 0 saturated heterocycles. The standard InChI is InChI=1S/C14H11ClN4/c15-12-8-11(16)6-7-14(12)19-9-13(17-18-19)10-4-2-1-3-5-10/h1-9H,16H2. The molecule has 0 radical (unpaired) electrons. The van der Waals surface area contributed by atoms with Crippen molar-refractivity contribution in [1.82, 2.24) is 15.0 Å². The summed E-state index contributed by atoms with van der Waals surface area (Å²) >= 11 is 6.15. The van der Waals surface area contributed by atoms with Gasteiger partial charge in [0.1, 0.15) is 5.69 Å². The fraction of sp³-hybridized carbons (Fsp3) is 0. The van der Waals surface area contributed by atoms with Gasteiger partial charge in [-0.15, -0.1) is 5.10 Å². The highest BCUT2D eigenvalue weighted by atomic mass is 35.5. The number of nitrogen functional groups attached to an aromatic ring is 1. The van der Waals surface area contributed by atoms with Crippen molar-refractivity contribution in [2.75, 3.05) is 5.73 Å². The maximum absolute atomic E-state index is 6.15. The van der Waals surface area contributed by atoms with Crippen molar-refractivity contribution in [3.8, 4) is 16.9 Å². The van der Waals surface area contributed by atoms with Crippen LogP contribution in [0.1, 0.15) is 0 Å². The Morgan fingerprint density at radius 2 is 1.84 bits per heavy atom. The summed E-state index contributed by atoms with van der Waals surface area (Å²) in [6.45, 7) is 0. The maximum atomic E-state index is 6.15. The molecule has 0 aliphatic carbocycles. The Balaban J connectivity index is 2.02. The molecule has 1 heterocycles. The molecule has 0 amide bonds. The second-order valence-corrected chi connectivity index (χ2v) is 4.53. The normalized spacial score (nSPS) is 10.6. The summed E-state index contributed by atoms with van der Waals surface area (Å²) < 4.78 is 1.64. The van der Waals surface area contributed by atoms with Gasteiger partial charge in [-0.1, -0.05) is 47.1 Å². The summed E-state index contributed by atoms with van der Waals surface area (Å²) in [7, 11) is 0. The Morgan fingerprint density at radius 3 is 2.58 bits per heavy atom. The van der Waals surface area contributed by atoms with Gasteiger partial charge in [-0.25, -0.2) is 4.68 Å². The number of rotatable bonds is 2. The second-order valence-electron chi connectivity index (χ2n) is 4.13. The molecule has 19 heavy (non-hydrogen) atoms. The van der Waals surface area contributed by atoms with Crippen molar-refractivity contribution >= 4 is 17.3 Å². The van der Waals surface area contributed by atoms with Crippen LogP contribution >= 0.6 is 11.6 Å². The Bertz CT molecular complexity index is 706. The van der Waals surface area contributed by atoms with E-state index in [2.05, 4.69) is 10.3 Å². The average Bonchev–Trinajstić information content (AvgIpc) is 2.89. The molecule has 0 unspecified atom stereocenters. The van der Waals surface area contributed by atoms with Crippen LogP contribution in [-0.2, 0) is 0 Å². The van der Waals surface area contributed by atoms with Gasteiger partial charge in [-0.05, 0) is 18.2 Å². The minimum atomic E-state index is 0.546. The van der Waals surface area contributed by atoms with E-state index in [1.807, 2.05) is 42.6 Å². The molecule has 4 nitrogen and oxygen atoms in total. The van der Waals surface area contributed by atoms with Crippen molar-refractivity contribution < 1.29 is 0 Å². The SMILES string of the molecule is Nc1ccc(-n2cc(-c3ccccc3)nn2)c(Cl)c1. The predicted molar refractivity (Wildman–Crippen MR) is 76.2 cm³/mol. The summed E-state index contributed by atoms with van der Waals surface area (Å²) in [5.74, 6) is 0. The van der Waals surface area contributed by atoms with Crippen molar-refractivity contribution in [3.63, 3.8) is 0 Å². The van der Waals surface area contributed by atoms with E-state index in [4.69, 9.17) is 17.3 Å². The van der Waals surface area contributed by atoms with Gasteiger partial charge in [0.2, 0.25) is 0 Å². The zero-order valence-corrected chi connectivity index (χ0v) is 10.7. The molecular weight excluding hydrogens is 260 g/mol. The lowest BCUT2D eigenvalue weighted by molar-refractivity contribution is 0.804. The van der Waals surface area contributed by atoms with E-state index < -0.39 is 0 Å². The Kier molecular flexibility index (Phi) is 2.93. The average molecular weight is 271 g/mol. The molecule has 0 atom stereocenters. The Labute approximate surface area is 115 Å². The first kappa shape index (κ1) is 11.7. The summed E-state index contributed by atoms with van der Waals surface area (Å²) in [5, 5.41) is 8.79. The van der Waals surface area contributed by atoms with E-state index in [1.54, 1.807) is 16.8 Å². The van der Waals surface area contributed by atoms with E-state index in [-0.39, 0.29) is 0 Å². The first-order chi connectivity index (χ1) is 9.24. The molecule has 0 bridgehead atoms. The minimum absolute atomic E-state index is 0.546. The van der Waals surface area contributed by atoms with Gasteiger partial charge >= 0.3 is 0 Å². The fourth-order valence-corrected chi connectivity index (χ4v) is 2.11. The van der Waals surface area contributed by atoms with Gasteiger partial charge in [0, 0.05) is 11.3 Å². The number of anilines is 1. The van der Waals surface area contributed by atoms with Gasteiger partial charge in [0.15, 0.2) is 0 Å². The summed E-state index contributed by atoms with van der Waals surface area (Å²) in [6.07, 6.45) is 1.84. The zero-order valence-electron chi connectivity index (χ0n) is 9.99. The Morgan fingerprint density at radius 1 is 1.05 bits per heavy atom. The lowest BCUT2D eigenvalue weighted by Crippen LogP contribution is -1.96. The van der Waals surface area contributed by atoms with Crippen molar-refractivity contribution in [1.29, 1.82) is 0 Å². The largest absolute Gasteiger partial charge is 0.399 e. The number of aromatic nitrogens is 3. The second kappa shape index (κ2) is 4.74. The van der Waals surface area contributed by atoms with Crippen LogP contribution < -0.4 is 5.73 Å². The van der Waals surface area contributed by atoms with Gasteiger partial charge in [0.25, 0.3) is 0 Å². The number of hydrogen-bond acceptors (Lipinski definition) is 3. The number of hydrogen-bond donors (Lipinski definition) is 1. The van der Waals surface area contributed by atoms with Gasteiger partial charge < -0.3 is 5.73 Å². The van der Waals surface area contributed by atoms with Crippen molar-refractivity contribution in [2.24, 2.45) is 0 Å². The molecule has 0 spiro atoms. The van der Waals surface area contributed by atoms with E-state index in [1.165, 1.54) is 0 Å². The molecule has 0 aliphatic rings. The molecule has 2 aromatic carbocycles. The van der Waals surface area contributed by atoms with Crippen LogP contribution in [0.5, 0.6) is 0 Å². The smallest absolute Gasteiger partial charge is 0.113 e. The van der Waals surface area contributed by atoms with Crippen LogP contribution in [0.4, 0.5) is 5.69 Å². The van der Waals surface area contributed by atoms with Crippen LogP contribution in [0.15, 0.2) is 54.7 Å². The summed E-state index contributed by atoms with van der Waals surface area (Å²) in [5.41, 5.74) is 8.86. The quantitative estimate of drug-likeness (QED) is 0.728. The number of nitrogens with two attached hydrogens (primary N) is 1. The third kappa shape index (κ3) is 2.30. The van der Waals surface area contributed by atoms with E-state index in [0.29, 0.717) is 10.7 Å². The molecule has 3 rings (SSSR count). The molecule has 1 aromatic heterocycles. The van der Waals surface area contributed by atoms with Crippen LogP contribution in [0.25, 0.3) is 16.9 Å². The van der Waals surface area contributed by atoms with E-state index in [9.17, 15) is 0 Å². The molecule has 0 saturated carbocycles. The predicted octanol–water partition coefficient (Wildman–Crippen LogP) is 3.17. The zero-order chi connectivity index (χ0) is 13.2. The van der Waals surface area contributed by atoms with Crippen LogP contribution in [0.2, 0.25) is 5.02 Å². The first-order valence-corrected chi connectivity index (χ1v) is 6.15. The van der Waals surface area contributed by atoms with Gasteiger partial charge in [-0.2, -0.15) is 0 Å². The van der Waals surface area contributed by atoms with Crippen LogP contribution in [-0.4, -0.2) is 15.0 Å². The molecule has 0 fully saturated rings. The highest BCUT2D eigenvalue weighted by molar-refractivity contribution is 6.32. The van der Waals surface area contributed by atoms with Crippen LogP contribution in [0.3, 0.4) is 0 Å². The maximum Gasteiger partial charge on any atom is 0.113 e. The molecule has 3 aromatic rings. The minimum Gasteiger partial charge on any atom is -0.399 e. The monoisotopic (exact) mass is 270 g/mol. The fourth-order valence-electron chi connectivity index (χ4n) is 1.83. The van der Waals surface area contributed by atoms with Gasteiger partial charge in [0.05, 0.1) is 16.9 Å². The third-order valence-corrected chi connectivity index (χ3v) is 3.08. The summed E-state index contributed by atoms with van der Waals surface area (Å²) in [6, 6.07) is 15.2. The highest BCUT2D eigenvalue weighted by Gasteiger charge is 2.08. The number of halogens is 1. The first-order valence-electron chi connectivity index (χ1n) is 5.77. The lowest BCUT2D eigenvalue weighted by atomic mass is 10.2. The number of benzene rings is 2. The molecule has 0 aliphatic heterocycles. The number of nitrogens with zero attached hydrogens (tertiary/aromatic N) is 3. The van der Waals surface area contributed by atoms with Gasteiger partial charge in [-0.3, -0.25) is 0 Å². The topological polar surface area (TPSA) is 56.7 Å². The molecular formula is C14H11ClN4. The highest BCUT2D eigenvalue weighted by Crippen LogP contribution is 2.24.